The third kappa shape index (κ3) is 4.08. The van der Waals surface area contributed by atoms with Gasteiger partial charge in [-0.3, -0.25) is 4.90 Å². The fourth-order valence-corrected chi connectivity index (χ4v) is 3.61. The van der Waals surface area contributed by atoms with Crippen LogP contribution in [0.25, 0.3) is 0 Å². The van der Waals surface area contributed by atoms with Crippen molar-refractivity contribution >= 4 is 0 Å². The highest BCUT2D eigenvalue weighted by Gasteiger charge is 2.30. The van der Waals surface area contributed by atoms with Gasteiger partial charge < -0.3 is 5.11 Å². The number of rotatable bonds is 7. The molecule has 0 amide bonds. The number of aryl methyl sites for hydroxylation is 3. The Labute approximate surface area is 129 Å². The van der Waals surface area contributed by atoms with E-state index in [0.717, 1.165) is 23.9 Å². The molecule has 0 aliphatic heterocycles. The number of aliphatic hydroxyl groups is 1. The summed E-state index contributed by atoms with van der Waals surface area (Å²) in [7, 11) is 0. The van der Waals surface area contributed by atoms with Crippen molar-refractivity contribution in [3.63, 3.8) is 0 Å². The summed E-state index contributed by atoms with van der Waals surface area (Å²) < 4.78 is 0. The van der Waals surface area contributed by atoms with E-state index in [2.05, 4.69) is 37.8 Å². The molecule has 1 aromatic carbocycles. The van der Waals surface area contributed by atoms with Crippen LogP contribution in [0.15, 0.2) is 12.1 Å². The maximum absolute atomic E-state index is 10.8. The molecule has 0 spiro atoms. The standard InChI is InChI=1S/C19H29NO/c1-13-8-14(2)19(15(3)9-13)18(21)12-20(10-16-4-5-16)11-17-6-7-17/h8-9,16-18,21H,4-7,10-12H2,1-3H3. The Morgan fingerprint density at radius 2 is 1.48 bits per heavy atom. The van der Waals surface area contributed by atoms with Crippen molar-refractivity contribution in [2.24, 2.45) is 11.8 Å². The second-order valence-electron chi connectivity index (χ2n) is 7.43. The molecular formula is C19H29NO. The number of hydrogen-bond donors (Lipinski definition) is 1. The molecule has 1 atom stereocenters. The fraction of sp³-hybridized carbons (Fsp3) is 0.684. The van der Waals surface area contributed by atoms with Gasteiger partial charge in [0, 0.05) is 19.6 Å². The zero-order valence-electron chi connectivity index (χ0n) is 13.7. The minimum atomic E-state index is -0.344. The Morgan fingerprint density at radius 3 is 1.90 bits per heavy atom. The largest absolute Gasteiger partial charge is 0.387 e. The van der Waals surface area contributed by atoms with Crippen LogP contribution in [0.1, 0.15) is 54.0 Å². The molecule has 0 saturated heterocycles. The molecule has 2 fully saturated rings. The van der Waals surface area contributed by atoms with Gasteiger partial charge in [0.15, 0.2) is 0 Å². The topological polar surface area (TPSA) is 23.5 Å². The van der Waals surface area contributed by atoms with Crippen LogP contribution in [0.2, 0.25) is 0 Å². The van der Waals surface area contributed by atoms with Crippen LogP contribution >= 0.6 is 0 Å². The predicted octanol–water partition coefficient (Wildman–Crippen LogP) is 3.77. The molecule has 0 radical (unpaired) electrons. The van der Waals surface area contributed by atoms with Gasteiger partial charge in [-0.25, -0.2) is 0 Å². The van der Waals surface area contributed by atoms with E-state index in [1.54, 1.807) is 0 Å². The van der Waals surface area contributed by atoms with Crippen molar-refractivity contribution in [1.29, 1.82) is 0 Å². The Hall–Kier alpha value is -0.860. The lowest BCUT2D eigenvalue weighted by Crippen LogP contribution is -2.33. The summed E-state index contributed by atoms with van der Waals surface area (Å²) in [5.74, 6) is 1.80. The molecule has 2 aliphatic carbocycles. The molecule has 0 heterocycles. The van der Waals surface area contributed by atoms with Gasteiger partial charge in [0.2, 0.25) is 0 Å². The van der Waals surface area contributed by atoms with Crippen molar-refractivity contribution in [2.45, 2.75) is 52.6 Å². The van der Waals surface area contributed by atoms with E-state index in [4.69, 9.17) is 0 Å². The Morgan fingerprint density at radius 1 is 1.00 bits per heavy atom. The molecule has 2 heteroatoms. The van der Waals surface area contributed by atoms with E-state index >= 15 is 0 Å². The van der Waals surface area contributed by atoms with Crippen molar-refractivity contribution in [2.75, 3.05) is 19.6 Å². The summed E-state index contributed by atoms with van der Waals surface area (Å²) in [5.41, 5.74) is 4.90. The second kappa shape index (κ2) is 6.10. The summed E-state index contributed by atoms with van der Waals surface area (Å²) in [6, 6.07) is 4.38. The molecule has 2 nitrogen and oxygen atoms in total. The molecule has 1 aromatic rings. The number of benzene rings is 1. The van der Waals surface area contributed by atoms with Crippen molar-refractivity contribution in [3.05, 3.63) is 34.4 Å². The van der Waals surface area contributed by atoms with E-state index in [0.29, 0.717) is 0 Å². The lowest BCUT2D eigenvalue weighted by molar-refractivity contribution is 0.106. The summed E-state index contributed by atoms with van der Waals surface area (Å²) in [4.78, 5) is 2.53. The molecule has 1 unspecified atom stereocenters. The van der Waals surface area contributed by atoms with Crippen molar-refractivity contribution in [1.82, 2.24) is 4.90 Å². The summed E-state index contributed by atoms with van der Waals surface area (Å²) in [5, 5.41) is 10.8. The molecule has 116 valence electrons. The first-order valence-corrected chi connectivity index (χ1v) is 8.51. The van der Waals surface area contributed by atoms with Crippen LogP contribution < -0.4 is 0 Å². The normalized spacial score (nSPS) is 20.0. The first-order chi connectivity index (χ1) is 10.0. The smallest absolute Gasteiger partial charge is 0.0922 e. The molecule has 2 aliphatic rings. The second-order valence-corrected chi connectivity index (χ2v) is 7.43. The van der Waals surface area contributed by atoms with E-state index in [1.165, 1.54) is 55.5 Å². The first-order valence-electron chi connectivity index (χ1n) is 8.51. The Kier molecular flexibility index (Phi) is 4.37. The van der Waals surface area contributed by atoms with Gasteiger partial charge in [0.25, 0.3) is 0 Å². The molecule has 0 bridgehead atoms. The van der Waals surface area contributed by atoms with Gasteiger partial charge in [-0.1, -0.05) is 17.7 Å². The summed E-state index contributed by atoms with van der Waals surface area (Å²) in [6.45, 7) is 9.57. The maximum Gasteiger partial charge on any atom is 0.0922 e. The van der Waals surface area contributed by atoms with Gasteiger partial charge >= 0.3 is 0 Å². The van der Waals surface area contributed by atoms with Gasteiger partial charge in [-0.2, -0.15) is 0 Å². The molecule has 21 heavy (non-hydrogen) atoms. The van der Waals surface area contributed by atoms with Crippen LogP contribution in [0.3, 0.4) is 0 Å². The zero-order chi connectivity index (χ0) is 15.0. The minimum absolute atomic E-state index is 0.344. The van der Waals surface area contributed by atoms with Crippen LogP contribution in [0, 0.1) is 32.6 Å². The van der Waals surface area contributed by atoms with Gasteiger partial charge in [-0.05, 0) is 75.0 Å². The molecule has 2 saturated carbocycles. The third-order valence-corrected chi connectivity index (χ3v) is 4.93. The molecule has 1 N–H and O–H groups in total. The molecular weight excluding hydrogens is 258 g/mol. The average molecular weight is 287 g/mol. The highest BCUT2D eigenvalue weighted by Crippen LogP contribution is 2.35. The summed E-state index contributed by atoms with van der Waals surface area (Å²) in [6.07, 6.45) is 5.21. The van der Waals surface area contributed by atoms with Gasteiger partial charge in [0.05, 0.1) is 6.10 Å². The van der Waals surface area contributed by atoms with Crippen molar-refractivity contribution < 1.29 is 5.11 Å². The van der Waals surface area contributed by atoms with Gasteiger partial charge in [-0.15, -0.1) is 0 Å². The highest BCUT2D eigenvalue weighted by molar-refractivity contribution is 5.39. The zero-order valence-corrected chi connectivity index (χ0v) is 13.7. The summed E-state index contributed by atoms with van der Waals surface area (Å²) >= 11 is 0. The minimum Gasteiger partial charge on any atom is -0.387 e. The van der Waals surface area contributed by atoms with Crippen LogP contribution in [-0.4, -0.2) is 29.6 Å². The first kappa shape index (κ1) is 15.1. The number of nitrogens with zero attached hydrogens (tertiary/aromatic N) is 1. The SMILES string of the molecule is Cc1cc(C)c(C(O)CN(CC2CC2)CC2CC2)c(C)c1. The monoisotopic (exact) mass is 287 g/mol. The lowest BCUT2D eigenvalue weighted by Gasteiger charge is -2.27. The van der Waals surface area contributed by atoms with E-state index in [1.807, 2.05) is 0 Å². The highest BCUT2D eigenvalue weighted by atomic mass is 16.3. The fourth-order valence-electron chi connectivity index (χ4n) is 3.61. The van der Waals surface area contributed by atoms with Crippen LogP contribution in [-0.2, 0) is 0 Å². The third-order valence-electron chi connectivity index (χ3n) is 4.93. The van der Waals surface area contributed by atoms with Gasteiger partial charge in [0.1, 0.15) is 0 Å². The van der Waals surface area contributed by atoms with Crippen LogP contribution in [0.4, 0.5) is 0 Å². The van der Waals surface area contributed by atoms with Crippen LogP contribution in [0.5, 0.6) is 0 Å². The predicted molar refractivity (Wildman–Crippen MR) is 87.5 cm³/mol. The van der Waals surface area contributed by atoms with E-state index in [9.17, 15) is 5.11 Å². The average Bonchev–Trinajstić information content (AvgIpc) is 3.23. The molecule has 3 rings (SSSR count). The Bertz CT molecular complexity index is 465. The van der Waals surface area contributed by atoms with Crippen molar-refractivity contribution in [3.8, 4) is 0 Å². The molecule has 0 aromatic heterocycles. The number of aliphatic hydroxyl groups excluding tert-OH is 1. The maximum atomic E-state index is 10.8. The Balaban J connectivity index is 1.68. The quantitative estimate of drug-likeness (QED) is 0.825. The number of hydrogen-bond acceptors (Lipinski definition) is 2. The van der Waals surface area contributed by atoms with E-state index < -0.39 is 0 Å². The lowest BCUT2D eigenvalue weighted by atomic mass is 9.95. The van der Waals surface area contributed by atoms with E-state index in [-0.39, 0.29) is 6.10 Å².